The summed E-state index contributed by atoms with van der Waals surface area (Å²) in [6, 6.07) is 0.0346. The van der Waals surface area contributed by atoms with Crippen LogP contribution in [0.5, 0.6) is 0 Å². The Labute approximate surface area is 203 Å². The highest BCUT2D eigenvalue weighted by molar-refractivity contribution is 4.96. The lowest BCUT2D eigenvalue weighted by atomic mass is 9.65. The molecule has 5 nitrogen and oxygen atoms in total. The third-order valence-electron chi connectivity index (χ3n) is 9.98. The molecule has 0 aromatic carbocycles. The lowest BCUT2D eigenvalue weighted by molar-refractivity contribution is -0.203. The minimum Gasteiger partial charge on any atom is -0.304 e. The normalized spacial score (nSPS) is 43.4. The van der Waals surface area contributed by atoms with Crippen molar-refractivity contribution in [2.75, 3.05) is 39.8 Å². The van der Waals surface area contributed by atoms with Gasteiger partial charge in [0.25, 0.3) is 0 Å². The molecule has 8 heteroatoms. The fraction of sp³-hybridized carbons (Fsp3) is 1.00. The molecule has 0 amide bonds. The molecule has 3 aliphatic carbocycles. The topological polar surface area (TPSA) is 42.6 Å². The monoisotopic (exact) mass is 485 g/mol. The first-order valence-corrected chi connectivity index (χ1v) is 14.1. The third-order valence-corrected chi connectivity index (χ3v) is 9.98. The minimum atomic E-state index is -4.14. The van der Waals surface area contributed by atoms with Crippen molar-refractivity contribution >= 4 is 0 Å². The molecule has 8 atom stereocenters. The molecule has 196 valence electrons. The van der Waals surface area contributed by atoms with Crippen LogP contribution in [0.25, 0.3) is 0 Å². The first-order chi connectivity index (χ1) is 16.4. The SMILES string of the molecule is CN1CCN(C2CCC(NC3NCCC(C4CCC5CCCCC5C4)N3)CC2C(F)(F)F)CC1. The van der Waals surface area contributed by atoms with E-state index in [4.69, 9.17) is 0 Å². The van der Waals surface area contributed by atoms with E-state index in [1.54, 1.807) is 0 Å². The van der Waals surface area contributed by atoms with Crippen LogP contribution in [0.3, 0.4) is 0 Å². The number of likely N-dealkylation sites (N-methyl/N-ethyl adjacent to an activating group) is 1. The van der Waals surface area contributed by atoms with Crippen LogP contribution in [0.15, 0.2) is 0 Å². The highest BCUT2D eigenvalue weighted by atomic mass is 19.4. The molecule has 2 aliphatic heterocycles. The van der Waals surface area contributed by atoms with E-state index >= 15 is 0 Å². The van der Waals surface area contributed by atoms with Gasteiger partial charge in [0.05, 0.1) is 5.92 Å². The summed E-state index contributed by atoms with van der Waals surface area (Å²) in [5, 5.41) is 10.9. The van der Waals surface area contributed by atoms with Crippen molar-refractivity contribution in [2.45, 2.75) is 101 Å². The zero-order valence-corrected chi connectivity index (χ0v) is 21.0. The number of nitrogens with zero attached hydrogens (tertiary/aromatic N) is 2. The van der Waals surface area contributed by atoms with Crippen molar-refractivity contribution in [3.63, 3.8) is 0 Å². The average Bonchev–Trinajstić information content (AvgIpc) is 2.84. The number of fused-ring (bicyclic) bond motifs is 1. The molecule has 5 aliphatic rings. The highest BCUT2D eigenvalue weighted by Crippen LogP contribution is 2.44. The van der Waals surface area contributed by atoms with Crippen molar-refractivity contribution in [1.29, 1.82) is 0 Å². The van der Waals surface area contributed by atoms with Gasteiger partial charge in [0.15, 0.2) is 0 Å². The van der Waals surface area contributed by atoms with Crippen molar-refractivity contribution in [3.05, 3.63) is 0 Å². The second-order valence-electron chi connectivity index (χ2n) is 12.1. The van der Waals surface area contributed by atoms with E-state index in [-0.39, 0.29) is 24.8 Å². The van der Waals surface area contributed by atoms with E-state index in [9.17, 15) is 13.2 Å². The Kier molecular flexibility index (Phi) is 8.10. The van der Waals surface area contributed by atoms with Gasteiger partial charge in [-0.2, -0.15) is 13.2 Å². The Morgan fingerprint density at radius 2 is 1.53 bits per heavy atom. The first kappa shape index (κ1) is 25.2. The van der Waals surface area contributed by atoms with Crippen LogP contribution >= 0.6 is 0 Å². The Morgan fingerprint density at radius 3 is 2.29 bits per heavy atom. The maximum Gasteiger partial charge on any atom is 0.393 e. The zero-order chi connectivity index (χ0) is 23.7. The van der Waals surface area contributed by atoms with Crippen molar-refractivity contribution in [3.8, 4) is 0 Å². The van der Waals surface area contributed by atoms with Crippen molar-refractivity contribution in [2.24, 2.45) is 23.7 Å². The van der Waals surface area contributed by atoms with Crippen LogP contribution in [-0.4, -0.2) is 80.2 Å². The van der Waals surface area contributed by atoms with E-state index in [1.165, 1.54) is 44.9 Å². The van der Waals surface area contributed by atoms with Gasteiger partial charge < -0.3 is 4.90 Å². The van der Waals surface area contributed by atoms with Gasteiger partial charge in [-0.3, -0.25) is 20.9 Å². The summed E-state index contributed by atoms with van der Waals surface area (Å²) < 4.78 is 42.4. The van der Waals surface area contributed by atoms with E-state index < -0.39 is 12.1 Å². The van der Waals surface area contributed by atoms with Gasteiger partial charge in [-0.05, 0) is 76.3 Å². The van der Waals surface area contributed by atoms with Gasteiger partial charge in [-0.25, -0.2) is 0 Å². The van der Waals surface area contributed by atoms with Gasteiger partial charge >= 0.3 is 6.18 Å². The van der Waals surface area contributed by atoms with Crippen LogP contribution in [-0.2, 0) is 0 Å². The van der Waals surface area contributed by atoms with Crippen LogP contribution in [0.4, 0.5) is 13.2 Å². The number of halogens is 3. The summed E-state index contributed by atoms with van der Waals surface area (Å²) in [5.41, 5.74) is 0. The smallest absolute Gasteiger partial charge is 0.304 e. The number of alkyl halides is 3. The fourth-order valence-electron chi connectivity index (χ4n) is 7.98. The largest absolute Gasteiger partial charge is 0.393 e. The molecule has 34 heavy (non-hydrogen) atoms. The third kappa shape index (κ3) is 5.93. The summed E-state index contributed by atoms with van der Waals surface area (Å²) in [5.74, 6) is 1.35. The quantitative estimate of drug-likeness (QED) is 0.566. The van der Waals surface area contributed by atoms with E-state index in [0.29, 0.717) is 12.5 Å². The lowest BCUT2D eigenvalue weighted by Gasteiger charge is -2.47. The Morgan fingerprint density at radius 1 is 0.794 bits per heavy atom. The van der Waals surface area contributed by atoms with E-state index in [1.807, 2.05) is 0 Å². The molecule has 5 rings (SSSR count). The number of piperazine rings is 1. The Hall–Kier alpha value is -0.410. The fourth-order valence-corrected chi connectivity index (χ4v) is 7.98. The number of nitrogens with one attached hydrogen (secondary N) is 3. The average molecular weight is 486 g/mol. The van der Waals surface area contributed by atoms with Gasteiger partial charge in [0.2, 0.25) is 0 Å². The number of rotatable bonds is 4. The summed E-state index contributed by atoms with van der Waals surface area (Å²) in [6.07, 6.45) is 8.26. The van der Waals surface area contributed by atoms with Gasteiger partial charge in [-0.1, -0.05) is 25.7 Å². The second-order valence-corrected chi connectivity index (χ2v) is 12.1. The van der Waals surface area contributed by atoms with Gasteiger partial charge in [0, 0.05) is 44.3 Å². The van der Waals surface area contributed by atoms with Crippen molar-refractivity contribution < 1.29 is 13.2 Å². The minimum absolute atomic E-state index is 0.0677. The molecule has 0 radical (unpaired) electrons. The van der Waals surface area contributed by atoms with E-state index in [0.717, 1.165) is 63.3 Å². The van der Waals surface area contributed by atoms with Crippen LogP contribution in [0.1, 0.15) is 70.6 Å². The van der Waals surface area contributed by atoms with E-state index in [2.05, 4.69) is 32.8 Å². The lowest BCUT2D eigenvalue weighted by Crippen LogP contribution is -2.65. The molecule has 2 saturated heterocycles. The molecular formula is C26H46F3N5. The molecule has 3 N–H and O–H groups in total. The molecule has 3 saturated carbocycles. The zero-order valence-electron chi connectivity index (χ0n) is 21.0. The molecule has 0 spiro atoms. The molecule has 0 aromatic heterocycles. The Balaban J connectivity index is 1.15. The van der Waals surface area contributed by atoms with Crippen molar-refractivity contribution in [1.82, 2.24) is 25.8 Å². The Bertz CT molecular complexity index is 653. The second kappa shape index (κ2) is 10.9. The molecule has 0 aromatic rings. The predicted octanol–water partition coefficient (Wildman–Crippen LogP) is 3.76. The van der Waals surface area contributed by atoms with Gasteiger partial charge in [0.1, 0.15) is 6.29 Å². The molecule has 0 bridgehead atoms. The van der Waals surface area contributed by atoms with Gasteiger partial charge in [-0.15, -0.1) is 0 Å². The number of hydrogen-bond acceptors (Lipinski definition) is 5. The summed E-state index contributed by atoms with van der Waals surface area (Å²) in [7, 11) is 2.05. The maximum atomic E-state index is 14.1. The molecule has 8 unspecified atom stereocenters. The molecule has 5 fully saturated rings. The number of hydrogen-bond donors (Lipinski definition) is 3. The predicted molar refractivity (Wildman–Crippen MR) is 129 cm³/mol. The molecule has 2 heterocycles. The highest BCUT2D eigenvalue weighted by Gasteiger charge is 2.50. The maximum absolute atomic E-state index is 14.1. The summed E-state index contributed by atoms with van der Waals surface area (Å²) in [6.45, 7) is 4.18. The standard InChI is InChI=1S/C26H46F3N5/c1-33-12-14-34(15-13-33)24-9-8-21(17-22(24)26(27,28)29)31-25-30-11-10-23(32-25)20-7-6-18-4-2-3-5-19(18)16-20/h18-25,30-32H,2-17H2,1H3. The first-order valence-electron chi connectivity index (χ1n) is 14.1. The molecular weight excluding hydrogens is 439 g/mol. The van der Waals surface area contributed by atoms with Crippen LogP contribution < -0.4 is 16.0 Å². The summed E-state index contributed by atoms with van der Waals surface area (Å²) >= 11 is 0. The van der Waals surface area contributed by atoms with Crippen LogP contribution in [0.2, 0.25) is 0 Å². The van der Waals surface area contributed by atoms with Crippen LogP contribution in [0, 0.1) is 23.7 Å². The summed E-state index contributed by atoms with van der Waals surface area (Å²) in [4.78, 5) is 4.33.